The summed E-state index contributed by atoms with van der Waals surface area (Å²) in [5, 5.41) is 9.53. The number of aromatic nitrogens is 3. The van der Waals surface area contributed by atoms with Crippen molar-refractivity contribution in [2.75, 3.05) is 12.3 Å². The van der Waals surface area contributed by atoms with Crippen LogP contribution in [0.1, 0.15) is 32.8 Å². The van der Waals surface area contributed by atoms with Crippen LogP contribution in [0.5, 0.6) is 0 Å². The fourth-order valence-corrected chi connectivity index (χ4v) is 2.93. The highest BCUT2D eigenvalue weighted by atomic mass is 32.2. The van der Waals surface area contributed by atoms with E-state index in [1.165, 1.54) is 5.56 Å². The Morgan fingerprint density at radius 1 is 1.14 bits per heavy atom. The maximum absolute atomic E-state index is 5.52. The van der Waals surface area contributed by atoms with E-state index in [4.69, 9.17) is 5.73 Å². The van der Waals surface area contributed by atoms with Crippen molar-refractivity contribution in [1.82, 2.24) is 14.8 Å². The minimum absolute atomic E-state index is 0.168. The first-order chi connectivity index (χ1) is 9.93. The molecule has 1 heterocycles. The summed E-state index contributed by atoms with van der Waals surface area (Å²) >= 11 is 1.70. The van der Waals surface area contributed by atoms with Crippen molar-refractivity contribution >= 4 is 11.8 Å². The minimum atomic E-state index is 0.168. The monoisotopic (exact) mass is 304 g/mol. The van der Waals surface area contributed by atoms with Crippen molar-refractivity contribution in [2.45, 2.75) is 37.8 Å². The number of rotatable bonds is 5. The van der Waals surface area contributed by atoms with Gasteiger partial charge in [-0.1, -0.05) is 56.8 Å². The lowest BCUT2D eigenvalue weighted by molar-refractivity contribution is 0.590. The number of thioether (sulfide) groups is 1. The van der Waals surface area contributed by atoms with Crippen LogP contribution in [-0.2, 0) is 12.5 Å². The van der Waals surface area contributed by atoms with Crippen LogP contribution in [0.25, 0.3) is 11.4 Å². The summed E-state index contributed by atoms with van der Waals surface area (Å²) in [7, 11) is 2.01. The van der Waals surface area contributed by atoms with E-state index in [1.807, 2.05) is 11.6 Å². The Labute approximate surface area is 131 Å². The van der Waals surface area contributed by atoms with Crippen LogP contribution < -0.4 is 5.73 Å². The molecule has 0 saturated carbocycles. The topological polar surface area (TPSA) is 56.7 Å². The second-order valence-electron chi connectivity index (χ2n) is 6.18. The Balaban J connectivity index is 2.19. The Kier molecular flexibility index (Phi) is 5.06. The van der Waals surface area contributed by atoms with Gasteiger partial charge in [0.25, 0.3) is 0 Å². The lowest BCUT2D eigenvalue weighted by Crippen LogP contribution is -2.10. The van der Waals surface area contributed by atoms with Gasteiger partial charge in [0.05, 0.1) is 0 Å². The van der Waals surface area contributed by atoms with E-state index >= 15 is 0 Å². The Bertz CT molecular complexity index is 581. The van der Waals surface area contributed by atoms with Crippen molar-refractivity contribution in [3.63, 3.8) is 0 Å². The standard InChI is InChI=1S/C16H24N4S/c1-16(2,3)13-8-6-12(7-9-13)14-18-19-15(20(14)4)21-11-5-10-17/h6-9H,5,10-11,17H2,1-4H3. The molecule has 1 aromatic heterocycles. The number of nitrogens with zero attached hydrogens (tertiary/aromatic N) is 3. The van der Waals surface area contributed by atoms with Crippen LogP contribution in [0.4, 0.5) is 0 Å². The first kappa shape index (κ1) is 16.0. The number of nitrogens with two attached hydrogens (primary N) is 1. The first-order valence-corrected chi connectivity index (χ1v) is 8.25. The zero-order valence-corrected chi connectivity index (χ0v) is 14.1. The van der Waals surface area contributed by atoms with Crippen LogP contribution in [0, 0.1) is 0 Å². The molecule has 1 aromatic carbocycles. The molecule has 0 aliphatic carbocycles. The summed E-state index contributed by atoms with van der Waals surface area (Å²) in [5.41, 5.74) is 8.11. The normalized spacial score (nSPS) is 11.9. The molecule has 0 spiro atoms. The molecule has 0 radical (unpaired) electrons. The van der Waals surface area contributed by atoms with E-state index in [2.05, 4.69) is 55.2 Å². The molecule has 0 bridgehead atoms. The van der Waals surface area contributed by atoms with Crippen LogP contribution in [0.3, 0.4) is 0 Å². The molecule has 5 heteroatoms. The van der Waals surface area contributed by atoms with Gasteiger partial charge in [0, 0.05) is 18.4 Å². The van der Waals surface area contributed by atoms with E-state index in [0.29, 0.717) is 6.54 Å². The van der Waals surface area contributed by atoms with Crippen molar-refractivity contribution in [3.05, 3.63) is 29.8 Å². The highest BCUT2D eigenvalue weighted by Crippen LogP contribution is 2.27. The summed E-state index contributed by atoms with van der Waals surface area (Å²) < 4.78 is 2.05. The molecule has 0 aliphatic heterocycles. The van der Waals surface area contributed by atoms with Gasteiger partial charge >= 0.3 is 0 Å². The molecular weight excluding hydrogens is 280 g/mol. The Morgan fingerprint density at radius 2 is 1.81 bits per heavy atom. The third-order valence-corrected chi connectivity index (χ3v) is 4.53. The summed E-state index contributed by atoms with van der Waals surface area (Å²) in [5.74, 6) is 1.89. The largest absolute Gasteiger partial charge is 0.330 e. The summed E-state index contributed by atoms with van der Waals surface area (Å²) in [4.78, 5) is 0. The van der Waals surface area contributed by atoms with Gasteiger partial charge in [-0.05, 0) is 23.9 Å². The molecular formula is C16H24N4S. The minimum Gasteiger partial charge on any atom is -0.330 e. The van der Waals surface area contributed by atoms with Crippen molar-refractivity contribution in [1.29, 1.82) is 0 Å². The van der Waals surface area contributed by atoms with E-state index in [9.17, 15) is 0 Å². The van der Waals surface area contributed by atoms with Gasteiger partial charge in [-0.2, -0.15) is 0 Å². The summed E-state index contributed by atoms with van der Waals surface area (Å²) in [6.45, 7) is 7.37. The molecule has 0 fully saturated rings. The van der Waals surface area contributed by atoms with Gasteiger partial charge in [-0.3, -0.25) is 0 Å². The third-order valence-electron chi connectivity index (χ3n) is 3.42. The molecule has 114 valence electrons. The molecule has 0 amide bonds. The maximum atomic E-state index is 5.52. The van der Waals surface area contributed by atoms with E-state index in [0.717, 1.165) is 28.7 Å². The lowest BCUT2D eigenvalue weighted by Gasteiger charge is -2.19. The molecule has 0 atom stereocenters. The Morgan fingerprint density at radius 3 is 2.38 bits per heavy atom. The maximum Gasteiger partial charge on any atom is 0.191 e. The van der Waals surface area contributed by atoms with Gasteiger partial charge in [-0.25, -0.2) is 0 Å². The molecule has 21 heavy (non-hydrogen) atoms. The quantitative estimate of drug-likeness (QED) is 0.680. The zero-order valence-electron chi connectivity index (χ0n) is 13.3. The highest BCUT2D eigenvalue weighted by Gasteiger charge is 2.15. The molecule has 0 saturated heterocycles. The molecule has 2 N–H and O–H groups in total. The Hall–Kier alpha value is -1.33. The van der Waals surface area contributed by atoms with Gasteiger partial charge in [0.1, 0.15) is 0 Å². The van der Waals surface area contributed by atoms with Crippen LogP contribution in [0.2, 0.25) is 0 Å². The number of hydrogen-bond acceptors (Lipinski definition) is 4. The van der Waals surface area contributed by atoms with Crippen molar-refractivity contribution < 1.29 is 0 Å². The van der Waals surface area contributed by atoms with Gasteiger partial charge in [0.2, 0.25) is 0 Å². The van der Waals surface area contributed by atoms with Crippen LogP contribution in [0.15, 0.2) is 29.4 Å². The second-order valence-corrected chi connectivity index (χ2v) is 7.25. The SMILES string of the molecule is Cn1c(SCCCN)nnc1-c1ccc(C(C)(C)C)cc1. The molecule has 0 aliphatic rings. The average Bonchev–Trinajstić information content (AvgIpc) is 2.80. The second kappa shape index (κ2) is 6.62. The van der Waals surface area contributed by atoms with Gasteiger partial charge < -0.3 is 10.3 Å². The van der Waals surface area contributed by atoms with Crippen LogP contribution >= 0.6 is 11.8 Å². The number of hydrogen-bond donors (Lipinski definition) is 1. The van der Waals surface area contributed by atoms with Crippen LogP contribution in [-0.4, -0.2) is 27.1 Å². The highest BCUT2D eigenvalue weighted by molar-refractivity contribution is 7.99. The van der Waals surface area contributed by atoms with Gasteiger partial charge in [0.15, 0.2) is 11.0 Å². The van der Waals surface area contributed by atoms with Crippen molar-refractivity contribution in [3.8, 4) is 11.4 Å². The predicted octanol–water partition coefficient (Wildman–Crippen LogP) is 3.22. The average molecular weight is 304 g/mol. The fourth-order valence-electron chi connectivity index (χ4n) is 2.06. The summed E-state index contributed by atoms with van der Waals surface area (Å²) in [6.07, 6.45) is 0.993. The summed E-state index contributed by atoms with van der Waals surface area (Å²) in [6, 6.07) is 8.59. The lowest BCUT2D eigenvalue weighted by atomic mass is 9.87. The van der Waals surface area contributed by atoms with E-state index < -0.39 is 0 Å². The fraction of sp³-hybridized carbons (Fsp3) is 0.500. The zero-order chi connectivity index (χ0) is 15.5. The molecule has 2 aromatic rings. The molecule has 4 nitrogen and oxygen atoms in total. The van der Waals surface area contributed by atoms with E-state index in [1.54, 1.807) is 11.8 Å². The number of benzene rings is 1. The molecule has 2 rings (SSSR count). The first-order valence-electron chi connectivity index (χ1n) is 7.26. The molecule has 0 unspecified atom stereocenters. The third kappa shape index (κ3) is 3.86. The smallest absolute Gasteiger partial charge is 0.191 e. The predicted molar refractivity (Wildman–Crippen MR) is 89.5 cm³/mol. The van der Waals surface area contributed by atoms with E-state index in [-0.39, 0.29) is 5.41 Å². The van der Waals surface area contributed by atoms with Gasteiger partial charge in [-0.15, -0.1) is 10.2 Å². The van der Waals surface area contributed by atoms with Crippen molar-refractivity contribution in [2.24, 2.45) is 12.8 Å².